The van der Waals surface area contributed by atoms with Crippen molar-refractivity contribution in [2.75, 3.05) is 19.2 Å². The second kappa shape index (κ2) is 9.21. The number of hydrogen-bond acceptors (Lipinski definition) is 7. The lowest BCUT2D eigenvalue weighted by atomic mass is 9.91. The number of benzene rings is 2. The van der Waals surface area contributed by atoms with Gasteiger partial charge in [0.05, 0.1) is 10.6 Å². The van der Waals surface area contributed by atoms with E-state index in [0.717, 1.165) is 5.56 Å². The lowest BCUT2D eigenvalue weighted by Gasteiger charge is -2.34. The molecule has 2 atom stereocenters. The molecule has 0 radical (unpaired) electrons. The Morgan fingerprint density at radius 2 is 1.85 bits per heavy atom. The zero-order valence-corrected chi connectivity index (χ0v) is 20.0. The molecular weight excluding hydrogens is 459 g/mol. The number of hydrazone groups is 1. The monoisotopic (exact) mass is 486 g/mol. The van der Waals surface area contributed by atoms with Gasteiger partial charge in [0.2, 0.25) is 10.0 Å². The second-order valence-corrected chi connectivity index (χ2v) is 9.92. The summed E-state index contributed by atoms with van der Waals surface area (Å²) < 4.78 is 49.6. The van der Waals surface area contributed by atoms with Gasteiger partial charge in [-0.15, -0.1) is 5.10 Å². The van der Waals surface area contributed by atoms with Gasteiger partial charge in [-0.1, -0.05) is 36.4 Å². The normalized spacial score (nSPS) is 22.9. The Kier molecular flexibility index (Phi) is 6.48. The Balaban J connectivity index is 1.67. The predicted octanol–water partition coefficient (Wildman–Crippen LogP) is 3.49. The largest absolute Gasteiger partial charge is 0.459 e. The summed E-state index contributed by atoms with van der Waals surface area (Å²) in [5, 5.41) is 11.5. The quantitative estimate of drug-likeness (QED) is 0.671. The highest BCUT2D eigenvalue weighted by Crippen LogP contribution is 2.37. The van der Waals surface area contributed by atoms with E-state index in [1.165, 1.54) is 25.3 Å². The number of hydrogen-bond donors (Lipinski definition) is 1. The van der Waals surface area contributed by atoms with Crippen LogP contribution in [0.15, 0.2) is 88.1 Å². The van der Waals surface area contributed by atoms with Gasteiger partial charge >= 0.3 is 6.02 Å². The molecule has 0 saturated carbocycles. The Morgan fingerprint density at radius 1 is 1.18 bits per heavy atom. The molecule has 2 N–H and O–H groups in total. The Hall–Kier alpha value is -3.21. The van der Waals surface area contributed by atoms with Crippen LogP contribution < -0.4 is 10.1 Å². The van der Waals surface area contributed by atoms with Gasteiger partial charge in [-0.2, -0.15) is 0 Å². The fourth-order valence-corrected chi connectivity index (χ4v) is 4.34. The Labute approximate surface area is 198 Å². The Bertz CT molecular complexity index is 1250. The van der Waals surface area contributed by atoms with Gasteiger partial charge in [0.1, 0.15) is 18.0 Å². The molecule has 34 heavy (non-hydrogen) atoms. The predicted molar refractivity (Wildman–Crippen MR) is 128 cm³/mol. The van der Waals surface area contributed by atoms with Crippen molar-refractivity contribution in [3.63, 3.8) is 0 Å². The molecule has 0 spiro atoms. The molecule has 8 nitrogen and oxygen atoms in total. The van der Waals surface area contributed by atoms with Gasteiger partial charge < -0.3 is 14.4 Å². The lowest BCUT2D eigenvalue weighted by molar-refractivity contribution is 0.0205. The van der Waals surface area contributed by atoms with Gasteiger partial charge in [0.25, 0.3) is 0 Å². The first-order valence-corrected chi connectivity index (χ1v) is 12.2. The van der Waals surface area contributed by atoms with Crippen LogP contribution in [0, 0.1) is 0 Å². The van der Waals surface area contributed by atoms with E-state index < -0.39 is 21.8 Å². The zero-order valence-electron chi connectivity index (χ0n) is 19.2. The number of nitrogens with two attached hydrogens (primary N) is 1. The molecule has 0 fully saturated rings. The summed E-state index contributed by atoms with van der Waals surface area (Å²) in [4.78, 5) is 1.80. The molecule has 0 bridgehead atoms. The zero-order chi connectivity index (χ0) is 24.5. The lowest BCUT2D eigenvalue weighted by Crippen LogP contribution is -2.43. The van der Waals surface area contributed by atoms with E-state index in [2.05, 4.69) is 5.10 Å². The number of anilines is 1. The third kappa shape index (κ3) is 4.70. The number of halogens is 1. The molecule has 4 rings (SSSR count). The summed E-state index contributed by atoms with van der Waals surface area (Å²) in [5.74, 6) is -0.385. The van der Waals surface area contributed by atoms with Crippen LogP contribution in [0.2, 0.25) is 0 Å². The standard InChI is InChI=1S/C24H27FN4O4S/c1-24(32-3)14-13-18(15-21(24)25)22-28(2)23(33-16-17-7-5-4-6-8-17)27-29(22)19-9-11-20(12-10-19)34(26,30)31/h4-13,15,22H,14,16H2,1-3H3,(H2,26,30,31). The molecular formula is C24H27FN4O4S. The topological polar surface area (TPSA) is 97.5 Å². The highest BCUT2D eigenvalue weighted by molar-refractivity contribution is 7.89. The number of rotatable bonds is 6. The minimum absolute atomic E-state index is 0.0106. The summed E-state index contributed by atoms with van der Waals surface area (Å²) in [5.41, 5.74) is 1.23. The SMILES string of the molecule is COC1(C)CC=C(C2N(C)C(OCc3ccccc3)=NN2c2ccc(S(N)(=O)=O)cc2)C=C1F. The van der Waals surface area contributed by atoms with Crippen LogP contribution >= 0.6 is 0 Å². The average molecular weight is 487 g/mol. The molecule has 1 aliphatic carbocycles. The molecule has 10 heteroatoms. The smallest absolute Gasteiger partial charge is 0.311 e. The first-order valence-electron chi connectivity index (χ1n) is 10.7. The number of amidine groups is 1. The van der Waals surface area contributed by atoms with E-state index in [1.807, 2.05) is 48.4 Å². The number of methoxy groups -OCH3 is 1. The third-order valence-corrected chi connectivity index (χ3v) is 6.94. The molecule has 1 heterocycles. The molecule has 2 aromatic rings. The maximum Gasteiger partial charge on any atom is 0.311 e. The minimum Gasteiger partial charge on any atom is -0.459 e. The van der Waals surface area contributed by atoms with Crippen molar-refractivity contribution in [3.05, 3.63) is 83.7 Å². The van der Waals surface area contributed by atoms with E-state index in [1.54, 1.807) is 24.1 Å². The van der Waals surface area contributed by atoms with E-state index >= 15 is 0 Å². The molecule has 0 amide bonds. The fourth-order valence-electron chi connectivity index (χ4n) is 3.82. The van der Waals surface area contributed by atoms with E-state index in [4.69, 9.17) is 14.6 Å². The van der Waals surface area contributed by atoms with Crippen molar-refractivity contribution in [3.8, 4) is 0 Å². The van der Waals surface area contributed by atoms with Gasteiger partial charge in [0.15, 0.2) is 6.17 Å². The highest BCUT2D eigenvalue weighted by Gasteiger charge is 2.40. The van der Waals surface area contributed by atoms with Gasteiger partial charge in [0, 0.05) is 20.6 Å². The highest BCUT2D eigenvalue weighted by atomic mass is 32.2. The van der Waals surface area contributed by atoms with E-state index in [-0.39, 0.29) is 10.7 Å². The van der Waals surface area contributed by atoms with Gasteiger partial charge in [-0.05, 0) is 48.4 Å². The third-order valence-electron chi connectivity index (χ3n) is 6.01. The number of sulfonamides is 1. The first kappa shape index (κ1) is 23.9. The molecule has 2 aromatic carbocycles. The summed E-state index contributed by atoms with van der Waals surface area (Å²) >= 11 is 0. The van der Waals surface area contributed by atoms with Crippen LogP contribution in [0.4, 0.5) is 10.1 Å². The molecule has 2 aliphatic rings. The van der Waals surface area contributed by atoms with Gasteiger partial charge in [-0.25, -0.2) is 23.0 Å². The minimum atomic E-state index is -3.83. The second-order valence-electron chi connectivity index (χ2n) is 8.36. The van der Waals surface area contributed by atoms with E-state index in [0.29, 0.717) is 30.3 Å². The Morgan fingerprint density at radius 3 is 2.44 bits per heavy atom. The van der Waals surface area contributed by atoms with Crippen LogP contribution in [0.5, 0.6) is 0 Å². The summed E-state index contributed by atoms with van der Waals surface area (Å²) in [6.45, 7) is 2.00. The van der Waals surface area contributed by atoms with Gasteiger partial charge in [-0.3, -0.25) is 0 Å². The van der Waals surface area contributed by atoms with Crippen LogP contribution in [0.25, 0.3) is 0 Å². The van der Waals surface area contributed by atoms with Crippen LogP contribution in [-0.4, -0.2) is 45.3 Å². The number of nitrogens with zero attached hydrogens (tertiary/aromatic N) is 3. The van der Waals surface area contributed by atoms with Crippen molar-refractivity contribution in [2.45, 2.75) is 36.6 Å². The van der Waals surface area contributed by atoms with Crippen molar-refractivity contribution in [2.24, 2.45) is 10.2 Å². The van der Waals surface area contributed by atoms with Crippen molar-refractivity contribution < 1.29 is 22.3 Å². The average Bonchev–Trinajstić information content (AvgIpc) is 3.16. The van der Waals surface area contributed by atoms with E-state index in [9.17, 15) is 12.8 Å². The van der Waals surface area contributed by atoms with Crippen LogP contribution in [-0.2, 0) is 26.1 Å². The molecule has 0 saturated heterocycles. The molecule has 2 unspecified atom stereocenters. The van der Waals surface area contributed by atoms with Crippen molar-refractivity contribution in [1.82, 2.24) is 4.90 Å². The fraction of sp³-hybridized carbons (Fsp3) is 0.292. The maximum absolute atomic E-state index is 15.0. The first-order chi connectivity index (χ1) is 16.1. The van der Waals surface area contributed by atoms with Crippen molar-refractivity contribution >= 4 is 21.7 Å². The van der Waals surface area contributed by atoms with Crippen LogP contribution in [0.1, 0.15) is 18.9 Å². The molecule has 180 valence electrons. The number of likely N-dealkylation sites (N-methyl/N-ethyl adjacent to an activating group) is 1. The molecule has 1 aliphatic heterocycles. The maximum atomic E-state index is 15.0. The number of primary sulfonamides is 1. The summed E-state index contributed by atoms with van der Waals surface area (Å²) in [7, 11) is -0.547. The van der Waals surface area contributed by atoms with Crippen LogP contribution in [0.3, 0.4) is 0 Å². The summed E-state index contributed by atoms with van der Waals surface area (Å²) in [6, 6.07) is 16.0. The van der Waals surface area contributed by atoms with Crippen molar-refractivity contribution in [1.29, 1.82) is 0 Å². The summed E-state index contributed by atoms with van der Waals surface area (Å²) in [6.07, 6.45) is 3.20. The number of ether oxygens (including phenoxy) is 2. The molecule has 0 aromatic heterocycles.